The minimum atomic E-state index is -0.728. The second-order valence-electron chi connectivity index (χ2n) is 14.5. The van der Waals surface area contributed by atoms with Gasteiger partial charge in [0.25, 0.3) is 0 Å². The Kier molecular flexibility index (Phi) is 11.7. The molecule has 4 aromatic rings. The number of alkyl carbamates (subject to hydrolysis) is 1. The summed E-state index contributed by atoms with van der Waals surface area (Å²) in [7, 11) is 1.28. The number of hydrogen-bond donors (Lipinski definition) is 5. The second kappa shape index (κ2) is 16.6. The number of ether oxygens (including phenoxy) is 1. The van der Waals surface area contributed by atoms with Gasteiger partial charge in [0.2, 0.25) is 17.7 Å². The fraction of sp³-hybridized carbons (Fsp3) is 0.450. The predicted molar refractivity (Wildman–Crippen MR) is 201 cm³/mol. The van der Waals surface area contributed by atoms with Gasteiger partial charge in [0.15, 0.2) is 0 Å². The van der Waals surface area contributed by atoms with E-state index in [2.05, 4.69) is 37.4 Å². The SMILES string of the molecule is COC(=O)N[C@H](C(=O)N1CCC[C@H]1c1nc2ccc(C#Cc3ccc(-c4cnc([C@H]5CCCN5C(=O)[C@@H](NC(=O)CO)C(C)C)[nH]4)cc3)cc2[nH]1)C(C)C. The number of aromatic nitrogens is 4. The van der Waals surface area contributed by atoms with Crippen molar-refractivity contribution >= 4 is 34.8 Å². The monoisotopic (exact) mass is 736 g/mol. The van der Waals surface area contributed by atoms with Gasteiger partial charge in [0.1, 0.15) is 30.3 Å². The molecule has 14 nitrogen and oxygen atoms in total. The zero-order valence-electron chi connectivity index (χ0n) is 31.3. The molecule has 0 spiro atoms. The van der Waals surface area contributed by atoms with E-state index in [0.717, 1.165) is 59.1 Å². The number of carbonyl (C=O) groups is 4. The van der Waals surface area contributed by atoms with Crippen LogP contribution < -0.4 is 10.6 Å². The highest BCUT2D eigenvalue weighted by molar-refractivity contribution is 5.89. The molecule has 0 radical (unpaired) electrons. The summed E-state index contributed by atoms with van der Waals surface area (Å²) in [5.74, 6) is 6.72. The third-order valence-electron chi connectivity index (χ3n) is 10.1. The van der Waals surface area contributed by atoms with E-state index < -0.39 is 30.7 Å². The molecule has 2 saturated heterocycles. The molecule has 54 heavy (non-hydrogen) atoms. The molecule has 2 aliphatic rings. The number of aliphatic hydroxyl groups is 1. The lowest BCUT2D eigenvalue weighted by Gasteiger charge is -2.30. The zero-order chi connectivity index (χ0) is 38.5. The highest BCUT2D eigenvalue weighted by Crippen LogP contribution is 2.34. The molecule has 2 aromatic heterocycles. The van der Waals surface area contributed by atoms with E-state index in [1.165, 1.54) is 7.11 Å². The van der Waals surface area contributed by atoms with Crippen molar-refractivity contribution in [2.24, 2.45) is 11.8 Å². The normalized spacial score (nSPS) is 18.1. The van der Waals surface area contributed by atoms with Crippen molar-refractivity contribution in [2.45, 2.75) is 77.5 Å². The van der Waals surface area contributed by atoms with Gasteiger partial charge in [-0.1, -0.05) is 51.7 Å². The molecule has 4 atom stereocenters. The van der Waals surface area contributed by atoms with Crippen molar-refractivity contribution in [1.82, 2.24) is 40.4 Å². The maximum absolute atomic E-state index is 13.5. The van der Waals surface area contributed by atoms with Crippen molar-refractivity contribution in [3.8, 4) is 23.1 Å². The summed E-state index contributed by atoms with van der Waals surface area (Å²) in [5.41, 5.74) is 5.00. The van der Waals surface area contributed by atoms with E-state index in [-0.39, 0.29) is 35.7 Å². The van der Waals surface area contributed by atoms with E-state index in [1.54, 1.807) is 16.0 Å². The standard InChI is InChI=1S/C40H48N8O6/c1-23(2)34(45-33(50)22-49)38(51)47-18-6-8-31(47)36-41-21-30(44-36)27-15-12-25(13-16-27)10-11-26-14-17-28-29(20-26)43-37(42-28)32-9-7-19-48(32)39(52)35(24(3)4)46-40(53)54-5/h12-17,20-21,23-24,31-32,34-35,49H,6-9,18-19,22H2,1-5H3,(H,41,44)(H,42,43)(H,45,50)(H,46,53)/t31-,32+,34+,35+/m1/s1. The average molecular weight is 737 g/mol. The maximum Gasteiger partial charge on any atom is 0.407 e. The molecule has 6 rings (SSSR count). The van der Waals surface area contributed by atoms with Crippen molar-refractivity contribution in [2.75, 3.05) is 26.8 Å². The van der Waals surface area contributed by atoms with Crippen LogP contribution in [0.4, 0.5) is 4.79 Å². The van der Waals surface area contributed by atoms with E-state index in [9.17, 15) is 24.3 Å². The summed E-state index contributed by atoms with van der Waals surface area (Å²) in [6.07, 6.45) is 4.31. The van der Waals surface area contributed by atoms with Crippen molar-refractivity contribution in [3.63, 3.8) is 0 Å². The van der Waals surface area contributed by atoms with E-state index in [1.807, 2.05) is 70.2 Å². The van der Waals surface area contributed by atoms with Gasteiger partial charge in [-0.2, -0.15) is 0 Å². The first-order chi connectivity index (χ1) is 26.0. The van der Waals surface area contributed by atoms with E-state index in [4.69, 9.17) is 9.72 Å². The lowest BCUT2D eigenvalue weighted by atomic mass is 10.0. The van der Waals surface area contributed by atoms with Gasteiger partial charge in [-0.3, -0.25) is 14.4 Å². The predicted octanol–water partition coefficient (Wildman–Crippen LogP) is 4.19. The summed E-state index contributed by atoms with van der Waals surface area (Å²) < 4.78 is 4.75. The Labute approximate surface area is 314 Å². The smallest absolute Gasteiger partial charge is 0.407 e. The summed E-state index contributed by atoms with van der Waals surface area (Å²) in [5, 5.41) is 14.5. The molecule has 0 bridgehead atoms. The molecule has 0 aliphatic carbocycles. The molecule has 2 aliphatic heterocycles. The third-order valence-corrected chi connectivity index (χ3v) is 10.1. The first-order valence-corrected chi connectivity index (χ1v) is 18.5. The molecule has 4 heterocycles. The number of amides is 4. The number of benzene rings is 2. The summed E-state index contributed by atoms with van der Waals surface area (Å²) >= 11 is 0. The number of methoxy groups -OCH3 is 1. The number of likely N-dealkylation sites (tertiary alicyclic amines) is 2. The summed E-state index contributed by atoms with van der Waals surface area (Å²) in [6.45, 7) is 8.00. The quantitative estimate of drug-likeness (QED) is 0.150. The first-order valence-electron chi connectivity index (χ1n) is 18.5. The largest absolute Gasteiger partial charge is 0.453 e. The number of imidazole rings is 2. The van der Waals surface area contributed by atoms with Gasteiger partial charge in [0, 0.05) is 24.2 Å². The van der Waals surface area contributed by atoms with Gasteiger partial charge in [0.05, 0.1) is 42.1 Å². The Bertz CT molecular complexity index is 2060. The molecule has 2 aromatic carbocycles. The Morgan fingerprint density at radius 3 is 2.06 bits per heavy atom. The number of aromatic amines is 2. The fourth-order valence-electron chi connectivity index (χ4n) is 7.21. The number of carbonyl (C=O) groups excluding carboxylic acids is 4. The van der Waals surface area contributed by atoms with Crippen LogP contribution in [0, 0.1) is 23.7 Å². The van der Waals surface area contributed by atoms with Crippen LogP contribution in [0.25, 0.3) is 22.3 Å². The van der Waals surface area contributed by atoms with Gasteiger partial charge in [-0.15, -0.1) is 0 Å². The number of H-pyrrole nitrogens is 2. The molecule has 0 saturated carbocycles. The van der Waals surface area contributed by atoms with Crippen LogP contribution in [0.2, 0.25) is 0 Å². The van der Waals surface area contributed by atoms with Crippen molar-refractivity contribution in [1.29, 1.82) is 0 Å². The molecule has 14 heteroatoms. The van der Waals surface area contributed by atoms with Gasteiger partial charge in [-0.05, 0) is 73.4 Å². The zero-order valence-corrected chi connectivity index (χ0v) is 31.3. The van der Waals surface area contributed by atoms with Crippen molar-refractivity contribution in [3.05, 3.63) is 71.4 Å². The van der Waals surface area contributed by atoms with Crippen molar-refractivity contribution < 1.29 is 29.0 Å². The van der Waals surface area contributed by atoms with Crippen LogP contribution in [0.5, 0.6) is 0 Å². The van der Waals surface area contributed by atoms with E-state index >= 15 is 0 Å². The van der Waals surface area contributed by atoms with E-state index in [0.29, 0.717) is 24.7 Å². The Morgan fingerprint density at radius 1 is 0.852 bits per heavy atom. The van der Waals surface area contributed by atoms with Crippen LogP contribution in [0.15, 0.2) is 48.7 Å². The van der Waals surface area contributed by atoms with Crippen LogP contribution >= 0.6 is 0 Å². The molecule has 284 valence electrons. The fourth-order valence-corrected chi connectivity index (χ4v) is 7.21. The van der Waals surface area contributed by atoms with Crippen LogP contribution in [-0.4, -0.2) is 97.5 Å². The second-order valence-corrected chi connectivity index (χ2v) is 14.5. The Morgan fingerprint density at radius 2 is 1.44 bits per heavy atom. The molecule has 5 N–H and O–H groups in total. The summed E-state index contributed by atoms with van der Waals surface area (Å²) in [6, 6.07) is 11.7. The Balaban J connectivity index is 1.12. The van der Waals surface area contributed by atoms with Crippen LogP contribution in [0.1, 0.15) is 88.2 Å². The Hall–Kier alpha value is -5.68. The third kappa shape index (κ3) is 8.26. The van der Waals surface area contributed by atoms with Crippen LogP contribution in [-0.2, 0) is 19.1 Å². The number of rotatable bonds is 10. The maximum atomic E-state index is 13.5. The number of nitrogens with zero attached hydrogens (tertiary/aromatic N) is 4. The minimum Gasteiger partial charge on any atom is -0.453 e. The van der Waals surface area contributed by atoms with Crippen LogP contribution in [0.3, 0.4) is 0 Å². The number of fused-ring (bicyclic) bond motifs is 1. The molecule has 2 fully saturated rings. The highest BCUT2D eigenvalue weighted by Gasteiger charge is 2.39. The van der Waals surface area contributed by atoms with Gasteiger partial charge < -0.3 is 40.2 Å². The summed E-state index contributed by atoms with van der Waals surface area (Å²) in [4.78, 5) is 70.6. The van der Waals surface area contributed by atoms with Gasteiger partial charge in [-0.25, -0.2) is 14.8 Å². The van der Waals surface area contributed by atoms with Gasteiger partial charge >= 0.3 is 6.09 Å². The highest BCUT2D eigenvalue weighted by atomic mass is 16.5. The lowest BCUT2D eigenvalue weighted by molar-refractivity contribution is -0.139. The number of hydrogen-bond acceptors (Lipinski definition) is 8. The minimum absolute atomic E-state index is 0.115. The number of nitrogens with one attached hydrogen (secondary N) is 4. The lowest BCUT2D eigenvalue weighted by Crippen LogP contribution is -2.51. The number of aliphatic hydroxyl groups excluding tert-OH is 1. The average Bonchev–Trinajstić information content (AvgIpc) is 4.00. The molecular weight excluding hydrogens is 688 g/mol. The first kappa shape index (κ1) is 38.1. The topological polar surface area (TPSA) is 186 Å². The molecule has 4 amide bonds. The molecule has 0 unspecified atom stereocenters. The molecular formula is C40H48N8O6.